The highest BCUT2D eigenvalue weighted by atomic mass is 32.1. The number of aldehydes is 1. The number of aliphatic hydroxyl groups is 1. The fourth-order valence-electron chi connectivity index (χ4n) is 1.99. The Morgan fingerprint density at radius 3 is 3.07 bits per heavy atom. The fourth-order valence-corrected chi connectivity index (χ4v) is 2.70. The molecule has 1 saturated heterocycles. The second-order valence-electron chi connectivity index (χ2n) is 4.06. The first-order valence-electron chi connectivity index (χ1n) is 5.17. The Bertz CT molecular complexity index is 348. The van der Waals surface area contributed by atoms with Crippen LogP contribution in [0.4, 0.5) is 5.69 Å². The van der Waals surface area contributed by atoms with Gasteiger partial charge in [-0.2, -0.15) is 0 Å². The van der Waals surface area contributed by atoms with Crippen LogP contribution in [-0.4, -0.2) is 30.6 Å². The number of anilines is 1. The molecule has 0 aromatic carbocycles. The van der Waals surface area contributed by atoms with Crippen molar-refractivity contribution in [3.63, 3.8) is 0 Å². The van der Waals surface area contributed by atoms with Crippen molar-refractivity contribution >= 4 is 23.3 Å². The van der Waals surface area contributed by atoms with Gasteiger partial charge in [0.1, 0.15) is 0 Å². The first kappa shape index (κ1) is 10.6. The van der Waals surface area contributed by atoms with Crippen molar-refractivity contribution < 1.29 is 9.90 Å². The summed E-state index contributed by atoms with van der Waals surface area (Å²) in [6.45, 7) is 3.72. The van der Waals surface area contributed by atoms with Crippen molar-refractivity contribution in [2.45, 2.75) is 19.4 Å². The van der Waals surface area contributed by atoms with Crippen LogP contribution in [0.5, 0.6) is 0 Å². The minimum atomic E-state index is -0.237. The zero-order valence-corrected chi connectivity index (χ0v) is 9.54. The zero-order valence-electron chi connectivity index (χ0n) is 8.72. The van der Waals surface area contributed by atoms with E-state index in [2.05, 4.69) is 4.90 Å². The monoisotopic (exact) mass is 225 g/mol. The summed E-state index contributed by atoms with van der Waals surface area (Å²) in [4.78, 5) is 13.6. The lowest BCUT2D eigenvalue weighted by atomic mass is 10.0. The summed E-state index contributed by atoms with van der Waals surface area (Å²) in [6.07, 6.45) is 1.68. The number of hydrogen-bond acceptors (Lipinski definition) is 4. The molecule has 2 unspecified atom stereocenters. The highest BCUT2D eigenvalue weighted by molar-refractivity contribution is 7.12. The third-order valence-electron chi connectivity index (χ3n) is 2.99. The first-order chi connectivity index (χ1) is 7.20. The molecule has 15 heavy (non-hydrogen) atoms. The van der Waals surface area contributed by atoms with E-state index in [-0.39, 0.29) is 6.10 Å². The molecule has 1 aliphatic heterocycles. The lowest BCUT2D eigenvalue weighted by Gasteiger charge is -2.17. The number of rotatable bonds is 3. The van der Waals surface area contributed by atoms with Crippen molar-refractivity contribution in [1.29, 1.82) is 0 Å². The Morgan fingerprint density at radius 1 is 1.73 bits per heavy atom. The van der Waals surface area contributed by atoms with Gasteiger partial charge in [-0.05, 0) is 19.4 Å². The lowest BCUT2D eigenvalue weighted by molar-refractivity contribution is 0.112. The van der Waals surface area contributed by atoms with Crippen LogP contribution in [0, 0.1) is 5.92 Å². The predicted molar refractivity (Wildman–Crippen MR) is 61.7 cm³/mol. The summed E-state index contributed by atoms with van der Waals surface area (Å²) >= 11 is 1.47. The Hall–Kier alpha value is -0.870. The largest absolute Gasteiger partial charge is 0.393 e. The minimum absolute atomic E-state index is 0.237. The molecule has 1 aromatic rings. The molecule has 1 fully saturated rings. The third kappa shape index (κ3) is 2.21. The molecule has 2 atom stereocenters. The van der Waals surface area contributed by atoms with Crippen LogP contribution in [0.2, 0.25) is 0 Å². The van der Waals surface area contributed by atoms with Crippen LogP contribution in [0.15, 0.2) is 11.4 Å². The van der Waals surface area contributed by atoms with E-state index in [1.165, 1.54) is 11.3 Å². The maximum Gasteiger partial charge on any atom is 0.160 e. The van der Waals surface area contributed by atoms with Crippen LogP contribution in [0.1, 0.15) is 23.0 Å². The molecule has 4 heteroatoms. The Morgan fingerprint density at radius 2 is 2.53 bits per heavy atom. The van der Waals surface area contributed by atoms with E-state index in [1.807, 2.05) is 18.4 Å². The van der Waals surface area contributed by atoms with Gasteiger partial charge in [0, 0.05) is 30.1 Å². The van der Waals surface area contributed by atoms with Crippen LogP contribution in [0.25, 0.3) is 0 Å². The maximum atomic E-state index is 10.6. The number of carbonyl (C=O) groups is 1. The van der Waals surface area contributed by atoms with Gasteiger partial charge in [-0.3, -0.25) is 4.79 Å². The molecule has 1 aliphatic rings. The van der Waals surface area contributed by atoms with E-state index >= 15 is 0 Å². The van der Waals surface area contributed by atoms with Gasteiger partial charge in [-0.15, -0.1) is 11.3 Å². The Labute approximate surface area is 93.3 Å². The van der Waals surface area contributed by atoms with Crippen molar-refractivity contribution in [2.24, 2.45) is 5.92 Å². The van der Waals surface area contributed by atoms with Crippen LogP contribution in [-0.2, 0) is 0 Å². The van der Waals surface area contributed by atoms with E-state index in [0.717, 1.165) is 36.4 Å². The highest BCUT2D eigenvalue weighted by Gasteiger charge is 2.26. The number of thiophene rings is 1. The van der Waals surface area contributed by atoms with Gasteiger partial charge in [-0.1, -0.05) is 0 Å². The standard InChI is InChI=1S/C11H15NO2S/c1-8(14)9-2-3-12(5-9)10-4-11(6-13)15-7-10/h4,6-9,14H,2-3,5H2,1H3. The molecule has 82 valence electrons. The first-order valence-corrected chi connectivity index (χ1v) is 6.05. The molecule has 0 bridgehead atoms. The molecule has 3 nitrogen and oxygen atoms in total. The van der Waals surface area contributed by atoms with Crippen molar-refractivity contribution in [3.8, 4) is 0 Å². The summed E-state index contributed by atoms with van der Waals surface area (Å²) in [6, 6.07) is 1.92. The molecule has 0 spiro atoms. The van der Waals surface area contributed by atoms with Crippen LogP contribution >= 0.6 is 11.3 Å². The second-order valence-corrected chi connectivity index (χ2v) is 5.00. The van der Waals surface area contributed by atoms with E-state index in [0.29, 0.717) is 5.92 Å². The van der Waals surface area contributed by atoms with Crippen molar-refractivity contribution in [1.82, 2.24) is 0 Å². The average molecular weight is 225 g/mol. The van der Waals surface area contributed by atoms with Crippen molar-refractivity contribution in [3.05, 3.63) is 16.3 Å². The Balaban J connectivity index is 2.04. The van der Waals surface area contributed by atoms with Gasteiger partial charge in [0.05, 0.1) is 11.0 Å². The SMILES string of the molecule is CC(O)C1CCN(c2csc(C=O)c2)C1. The molecule has 0 amide bonds. The van der Waals surface area contributed by atoms with Crippen molar-refractivity contribution in [2.75, 3.05) is 18.0 Å². The molecule has 0 saturated carbocycles. The fraction of sp³-hybridized carbons (Fsp3) is 0.545. The quantitative estimate of drug-likeness (QED) is 0.797. The van der Waals surface area contributed by atoms with Gasteiger partial charge < -0.3 is 10.0 Å². The smallest absolute Gasteiger partial charge is 0.160 e. The summed E-state index contributed by atoms with van der Waals surface area (Å²) in [7, 11) is 0. The predicted octanol–water partition coefficient (Wildman–Crippen LogP) is 1.77. The molecular weight excluding hydrogens is 210 g/mol. The summed E-state index contributed by atoms with van der Waals surface area (Å²) in [5, 5.41) is 11.5. The lowest BCUT2D eigenvalue weighted by Crippen LogP contribution is -2.23. The van der Waals surface area contributed by atoms with Gasteiger partial charge in [-0.25, -0.2) is 0 Å². The number of aliphatic hydroxyl groups excluding tert-OH is 1. The number of nitrogens with zero attached hydrogens (tertiary/aromatic N) is 1. The molecule has 1 N–H and O–H groups in total. The topological polar surface area (TPSA) is 40.5 Å². The molecule has 2 heterocycles. The van der Waals surface area contributed by atoms with E-state index in [9.17, 15) is 9.90 Å². The van der Waals surface area contributed by atoms with Crippen LogP contribution < -0.4 is 4.90 Å². The molecule has 1 aromatic heterocycles. The number of hydrogen-bond donors (Lipinski definition) is 1. The normalized spacial score (nSPS) is 23.1. The van der Waals surface area contributed by atoms with Gasteiger partial charge >= 0.3 is 0 Å². The van der Waals surface area contributed by atoms with Gasteiger partial charge in [0.15, 0.2) is 6.29 Å². The van der Waals surface area contributed by atoms with Gasteiger partial charge in [0.2, 0.25) is 0 Å². The Kier molecular flexibility index (Phi) is 3.07. The molecule has 0 radical (unpaired) electrons. The van der Waals surface area contributed by atoms with Gasteiger partial charge in [0.25, 0.3) is 0 Å². The average Bonchev–Trinajstić information content (AvgIpc) is 2.86. The highest BCUT2D eigenvalue weighted by Crippen LogP contribution is 2.28. The third-order valence-corrected chi connectivity index (χ3v) is 3.84. The number of carbonyl (C=O) groups excluding carboxylic acids is 1. The van der Waals surface area contributed by atoms with E-state index in [4.69, 9.17) is 0 Å². The second kappa shape index (κ2) is 4.33. The molecule has 2 rings (SSSR count). The molecule has 0 aliphatic carbocycles. The maximum absolute atomic E-state index is 10.6. The summed E-state index contributed by atoms with van der Waals surface area (Å²) in [5.74, 6) is 0.365. The minimum Gasteiger partial charge on any atom is -0.393 e. The summed E-state index contributed by atoms with van der Waals surface area (Å²) in [5.41, 5.74) is 1.12. The van der Waals surface area contributed by atoms with Crippen LogP contribution in [0.3, 0.4) is 0 Å². The molecular formula is C11H15NO2S. The zero-order chi connectivity index (χ0) is 10.8. The summed E-state index contributed by atoms with van der Waals surface area (Å²) < 4.78 is 0. The van der Waals surface area contributed by atoms with E-state index < -0.39 is 0 Å². The van der Waals surface area contributed by atoms with E-state index in [1.54, 1.807) is 0 Å².